The summed E-state index contributed by atoms with van der Waals surface area (Å²) in [7, 11) is 0. The SMILES string of the molecule is O=C(c1ccc2c(c1)C(=O)C(C(=O)CN1CCCC1=O)C2=O)c1ccc2c(c1)C(=O)C(C(=O)CN1CCCC1=O)C2=O. The largest absolute Gasteiger partial charge is 0.335 e. The van der Waals surface area contributed by atoms with Gasteiger partial charge in [0, 0.05) is 59.3 Å². The normalized spacial score (nSPS) is 21.4. The van der Waals surface area contributed by atoms with E-state index in [1.54, 1.807) is 0 Å². The van der Waals surface area contributed by atoms with Gasteiger partial charge in [-0.05, 0) is 37.1 Å². The fourth-order valence-electron chi connectivity index (χ4n) is 6.12. The molecule has 0 bridgehead atoms. The first-order chi connectivity index (χ1) is 20.1. The Labute approximate surface area is 238 Å². The lowest BCUT2D eigenvalue weighted by Gasteiger charge is -2.15. The Kier molecular flexibility index (Phi) is 6.59. The highest BCUT2D eigenvalue weighted by Crippen LogP contribution is 2.32. The second-order valence-electron chi connectivity index (χ2n) is 10.9. The lowest BCUT2D eigenvalue weighted by Crippen LogP contribution is -2.37. The average molecular weight is 569 g/mol. The maximum atomic E-state index is 13.4. The van der Waals surface area contributed by atoms with E-state index in [9.17, 15) is 43.2 Å². The van der Waals surface area contributed by atoms with Crippen LogP contribution in [0.1, 0.15) is 83.0 Å². The number of rotatable bonds is 8. The zero-order chi connectivity index (χ0) is 29.9. The Balaban J connectivity index is 1.21. The van der Waals surface area contributed by atoms with Crippen molar-refractivity contribution in [1.82, 2.24) is 9.80 Å². The van der Waals surface area contributed by atoms with Gasteiger partial charge in [-0.15, -0.1) is 0 Å². The minimum absolute atomic E-state index is 0.00946. The van der Waals surface area contributed by atoms with Crippen LogP contribution in [-0.2, 0) is 19.2 Å². The standard InChI is InChI=1S/C31H24N2O9/c34-21(13-32-9-1-3-23(32)36)25-28(39)17-7-5-15(11-19(17)30(25)41)27(38)16-6-8-18-20(12-16)31(42)26(29(18)40)22(35)14-33-10-2-4-24(33)37/h5-8,11-12,25-26H,1-4,9-10,13-14H2. The molecule has 2 fully saturated rings. The van der Waals surface area contributed by atoms with Gasteiger partial charge in [0.1, 0.15) is 11.8 Å². The van der Waals surface area contributed by atoms with Crippen molar-refractivity contribution in [3.8, 4) is 0 Å². The van der Waals surface area contributed by atoms with E-state index in [1.807, 2.05) is 0 Å². The first kappa shape index (κ1) is 27.3. The quantitative estimate of drug-likeness (QED) is 0.338. The van der Waals surface area contributed by atoms with E-state index >= 15 is 0 Å². The number of hydrogen-bond acceptors (Lipinski definition) is 9. The van der Waals surface area contributed by atoms with Crippen LogP contribution in [0.2, 0.25) is 0 Å². The van der Waals surface area contributed by atoms with Crippen LogP contribution in [0.5, 0.6) is 0 Å². The summed E-state index contributed by atoms with van der Waals surface area (Å²) in [6.45, 7) is 0.0985. The summed E-state index contributed by atoms with van der Waals surface area (Å²) < 4.78 is 0. The van der Waals surface area contributed by atoms with Gasteiger partial charge in [-0.25, -0.2) is 0 Å². The molecule has 2 saturated heterocycles. The third-order valence-corrected chi connectivity index (χ3v) is 8.35. The van der Waals surface area contributed by atoms with Crippen LogP contribution in [0.25, 0.3) is 0 Å². The molecular weight excluding hydrogens is 544 g/mol. The lowest BCUT2D eigenvalue weighted by molar-refractivity contribution is -0.132. The van der Waals surface area contributed by atoms with E-state index in [4.69, 9.17) is 0 Å². The van der Waals surface area contributed by atoms with E-state index in [2.05, 4.69) is 0 Å². The van der Waals surface area contributed by atoms with Crippen molar-refractivity contribution in [2.24, 2.45) is 11.8 Å². The maximum Gasteiger partial charge on any atom is 0.223 e. The number of Topliss-reactive ketones (excluding diaryl/α,β-unsaturated/α-hetero) is 6. The predicted molar refractivity (Wildman–Crippen MR) is 142 cm³/mol. The molecule has 0 N–H and O–H groups in total. The first-order valence-corrected chi connectivity index (χ1v) is 13.7. The Bertz CT molecular complexity index is 1570. The van der Waals surface area contributed by atoms with Crippen LogP contribution < -0.4 is 0 Å². The van der Waals surface area contributed by atoms with E-state index in [-0.39, 0.29) is 58.3 Å². The van der Waals surface area contributed by atoms with Gasteiger partial charge in [0.25, 0.3) is 0 Å². The second-order valence-corrected chi connectivity index (χ2v) is 10.9. The topological polar surface area (TPSA) is 160 Å². The van der Waals surface area contributed by atoms with Crippen molar-refractivity contribution in [2.75, 3.05) is 26.2 Å². The van der Waals surface area contributed by atoms with Crippen LogP contribution in [-0.4, -0.2) is 88.3 Å². The molecule has 2 aliphatic carbocycles. The minimum atomic E-state index is -1.58. The average Bonchev–Trinajstić information content (AvgIpc) is 3.69. The summed E-state index contributed by atoms with van der Waals surface area (Å²) in [5, 5.41) is 0. The number of carbonyl (C=O) groups is 9. The van der Waals surface area contributed by atoms with Crippen molar-refractivity contribution in [1.29, 1.82) is 0 Å². The van der Waals surface area contributed by atoms with Crippen molar-refractivity contribution >= 4 is 52.3 Å². The van der Waals surface area contributed by atoms with Crippen LogP contribution in [0.15, 0.2) is 36.4 Å². The van der Waals surface area contributed by atoms with E-state index in [0.717, 1.165) is 0 Å². The third-order valence-electron chi connectivity index (χ3n) is 8.35. The summed E-state index contributed by atoms with van der Waals surface area (Å²) >= 11 is 0. The highest BCUT2D eigenvalue weighted by Gasteiger charge is 2.46. The summed E-state index contributed by atoms with van der Waals surface area (Å²) in [6, 6.07) is 7.73. The molecule has 42 heavy (non-hydrogen) atoms. The smallest absolute Gasteiger partial charge is 0.223 e. The molecule has 4 aliphatic rings. The van der Waals surface area contributed by atoms with Gasteiger partial charge in [0.15, 0.2) is 40.5 Å². The first-order valence-electron chi connectivity index (χ1n) is 13.7. The fourth-order valence-corrected chi connectivity index (χ4v) is 6.12. The Hall–Kier alpha value is -4.93. The molecule has 2 unspecified atom stereocenters. The van der Waals surface area contributed by atoms with Gasteiger partial charge in [0.2, 0.25) is 11.8 Å². The number of carbonyl (C=O) groups excluding carboxylic acids is 9. The van der Waals surface area contributed by atoms with Gasteiger partial charge >= 0.3 is 0 Å². The van der Waals surface area contributed by atoms with Gasteiger partial charge in [-0.1, -0.05) is 12.1 Å². The van der Waals surface area contributed by atoms with E-state index in [0.29, 0.717) is 38.8 Å². The van der Waals surface area contributed by atoms with Crippen molar-refractivity contribution in [3.05, 3.63) is 69.8 Å². The molecule has 0 spiro atoms. The van der Waals surface area contributed by atoms with Crippen LogP contribution in [0.3, 0.4) is 0 Å². The second kappa shape index (κ2) is 10.2. The van der Waals surface area contributed by atoms with Crippen molar-refractivity contribution in [3.63, 3.8) is 0 Å². The highest BCUT2D eigenvalue weighted by molar-refractivity contribution is 6.37. The van der Waals surface area contributed by atoms with Crippen LogP contribution in [0.4, 0.5) is 0 Å². The maximum absolute atomic E-state index is 13.4. The number of nitrogens with zero attached hydrogens (tertiary/aromatic N) is 2. The predicted octanol–water partition coefficient (Wildman–Crippen LogP) is 1.29. The molecular formula is C31H24N2O9. The number of fused-ring (bicyclic) bond motifs is 2. The fraction of sp³-hybridized carbons (Fsp3) is 0.323. The Morgan fingerprint density at radius 3 is 1.31 bits per heavy atom. The molecule has 212 valence electrons. The molecule has 11 nitrogen and oxygen atoms in total. The highest BCUT2D eigenvalue weighted by atomic mass is 16.2. The minimum Gasteiger partial charge on any atom is -0.335 e. The molecule has 2 heterocycles. The van der Waals surface area contributed by atoms with E-state index in [1.165, 1.54) is 46.2 Å². The van der Waals surface area contributed by atoms with Crippen LogP contribution in [0, 0.1) is 11.8 Å². The molecule has 0 aromatic heterocycles. The molecule has 2 amide bonds. The molecule has 2 aromatic carbocycles. The molecule has 0 saturated carbocycles. The molecule has 2 atom stereocenters. The molecule has 2 aliphatic heterocycles. The number of amides is 2. The molecule has 2 aromatic rings. The summed E-state index contributed by atoms with van der Waals surface area (Å²) in [4.78, 5) is 117. The monoisotopic (exact) mass is 568 g/mol. The van der Waals surface area contributed by atoms with Crippen molar-refractivity contribution < 1.29 is 43.2 Å². The van der Waals surface area contributed by atoms with Gasteiger partial charge < -0.3 is 9.80 Å². The zero-order valence-corrected chi connectivity index (χ0v) is 22.3. The summed E-state index contributed by atoms with van der Waals surface area (Å²) in [6.07, 6.45) is 1.82. The van der Waals surface area contributed by atoms with Gasteiger partial charge in [-0.2, -0.15) is 0 Å². The molecule has 11 heteroatoms. The molecule has 0 radical (unpaired) electrons. The lowest BCUT2D eigenvalue weighted by atomic mass is 9.96. The summed E-state index contributed by atoms with van der Waals surface area (Å²) in [5.41, 5.74) is -0.0902. The molecule has 6 rings (SSSR count). The van der Waals surface area contributed by atoms with Gasteiger partial charge in [0.05, 0.1) is 13.1 Å². The number of benzene rings is 2. The Morgan fingerprint density at radius 2 is 0.952 bits per heavy atom. The van der Waals surface area contributed by atoms with Crippen molar-refractivity contribution in [2.45, 2.75) is 25.7 Å². The number of likely N-dealkylation sites (tertiary alicyclic amines) is 2. The number of hydrogen-bond donors (Lipinski definition) is 0. The van der Waals surface area contributed by atoms with Gasteiger partial charge in [-0.3, -0.25) is 43.2 Å². The summed E-state index contributed by atoms with van der Waals surface area (Å²) in [5.74, 6) is -8.37. The Morgan fingerprint density at radius 1 is 0.571 bits per heavy atom. The zero-order valence-electron chi connectivity index (χ0n) is 22.3. The van der Waals surface area contributed by atoms with E-state index < -0.39 is 52.3 Å². The third kappa shape index (κ3) is 4.32. The van der Waals surface area contributed by atoms with Crippen LogP contribution >= 0.6 is 0 Å². The number of ketones is 7.